The summed E-state index contributed by atoms with van der Waals surface area (Å²) in [5.74, 6) is -0.271. The number of likely N-dealkylation sites (N-methyl/N-ethyl adjacent to an activating group) is 1. The number of aryl methyl sites for hydroxylation is 1. The third-order valence-electron chi connectivity index (χ3n) is 2.75. The van der Waals surface area contributed by atoms with Crippen LogP contribution in [0.3, 0.4) is 0 Å². The van der Waals surface area contributed by atoms with Crippen LogP contribution in [-0.2, 0) is 4.79 Å². The molecular formula is C13H19FN2O. The van der Waals surface area contributed by atoms with E-state index in [-0.39, 0.29) is 18.3 Å². The van der Waals surface area contributed by atoms with Gasteiger partial charge < -0.3 is 10.2 Å². The van der Waals surface area contributed by atoms with E-state index in [1.807, 2.05) is 20.8 Å². The lowest BCUT2D eigenvalue weighted by Gasteiger charge is -2.19. The molecule has 0 heterocycles. The lowest BCUT2D eigenvalue weighted by atomic mass is 10.2. The van der Waals surface area contributed by atoms with Crippen LogP contribution in [0.5, 0.6) is 0 Å². The molecule has 1 rings (SSSR count). The second-order valence-corrected chi connectivity index (χ2v) is 3.88. The van der Waals surface area contributed by atoms with E-state index in [1.165, 1.54) is 12.1 Å². The van der Waals surface area contributed by atoms with Crippen molar-refractivity contribution in [2.24, 2.45) is 0 Å². The molecule has 3 nitrogen and oxygen atoms in total. The molecular weight excluding hydrogens is 219 g/mol. The lowest BCUT2D eigenvalue weighted by Crippen LogP contribution is -2.35. The topological polar surface area (TPSA) is 32.3 Å². The van der Waals surface area contributed by atoms with Gasteiger partial charge in [0, 0.05) is 18.8 Å². The molecule has 17 heavy (non-hydrogen) atoms. The van der Waals surface area contributed by atoms with Gasteiger partial charge in [0.05, 0.1) is 6.54 Å². The number of hydrogen-bond acceptors (Lipinski definition) is 2. The molecule has 1 aromatic rings. The van der Waals surface area contributed by atoms with Crippen molar-refractivity contribution in [3.05, 3.63) is 29.6 Å². The smallest absolute Gasteiger partial charge is 0.241 e. The maximum absolute atomic E-state index is 13.0. The highest BCUT2D eigenvalue weighted by Gasteiger charge is 2.09. The standard InChI is InChI=1S/C13H19FN2O/c1-4-16(5-2)13(17)9-15-12-8-11(14)7-6-10(12)3/h6-8,15H,4-5,9H2,1-3H3. The maximum atomic E-state index is 13.0. The normalized spacial score (nSPS) is 10.1. The molecule has 1 aromatic carbocycles. The summed E-state index contributed by atoms with van der Waals surface area (Å²) < 4.78 is 13.0. The van der Waals surface area contributed by atoms with Gasteiger partial charge in [0.2, 0.25) is 5.91 Å². The molecule has 4 heteroatoms. The van der Waals surface area contributed by atoms with E-state index in [4.69, 9.17) is 0 Å². The van der Waals surface area contributed by atoms with Gasteiger partial charge in [-0.05, 0) is 38.5 Å². The minimum absolute atomic E-state index is 0.0265. The van der Waals surface area contributed by atoms with Crippen LogP contribution in [-0.4, -0.2) is 30.4 Å². The zero-order valence-corrected chi connectivity index (χ0v) is 10.6. The van der Waals surface area contributed by atoms with Crippen molar-refractivity contribution in [2.45, 2.75) is 20.8 Å². The van der Waals surface area contributed by atoms with Crippen LogP contribution in [0.4, 0.5) is 10.1 Å². The summed E-state index contributed by atoms with van der Waals surface area (Å²) in [6.07, 6.45) is 0. The third-order valence-corrected chi connectivity index (χ3v) is 2.75. The van der Waals surface area contributed by atoms with Crippen LogP contribution in [0.25, 0.3) is 0 Å². The predicted molar refractivity (Wildman–Crippen MR) is 67.6 cm³/mol. The van der Waals surface area contributed by atoms with E-state index in [0.29, 0.717) is 18.8 Å². The van der Waals surface area contributed by atoms with Gasteiger partial charge in [-0.2, -0.15) is 0 Å². The second kappa shape index (κ2) is 6.23. The molecule has 0 saturated carbocycles. The Morgan fingerprint density at radius 2 is 2.00 bits per heavy atom. The first-order chi connectivity index (χ1) is 8.08. The van der Waals surface area contributed by atoms with Gasteiger partial charge in [-0.15, -0.1) is 0 Å². The van der Waals surface area contributed by atoms with Gasteiger partial charge in [0.25, 0.3) is 0 Å². The Balaban J connectivity index is 2.61. The van der Waals surface area contributed by atoms with Gasteiger partial charge in [-0.25, -0.2) is 4.39 Å². The Kier molecular flexibility index (Phi) is 4.94. The van der Waals surface area contributed by atoms with Crippen molar-refractivity contribution in [3.8, 4) is 0 Å². The lowest BCUT2D eigenvalue weighted by molar-refractivity contribution is -0.128. The molecule has 0 radical (unpaired) electrons. The number of carbonyl (C=O) groups excluding carboxylic acids is 1. The molecule has 1 amide bonds. The van der Waals surface area contributed by atoms with E-state index < -0.39 is 0 Å². The fourth-order valence-corrected chi connectivity index (χ4v) is 1.64. The maximum Gasteiger partial charge on any atom is 0.241 e. The van der Waals surface area contributed by atoms with Crippen LogP contribution in [0.15, 0.2) is 18.2 Å². The number of rotatable bonds is 5. The van der Waals surface area contributed by atoms with Crippen LogP contribution >= 0.6 is 0 Å². The SMILES string of the molecule is CCN(CC)C(=O)CNc1cc(F)ccc1C. The zero-order chi connectivity index (χ0) is 12.8. The highest BCUT2D eigenvalue weighted by molar-refractivity contribution is 5.81. The summed E-state index contributed by atoms with van der Waals surface area (Å²) >= 11 is 0. The Bertz CT molecular complexity index is 389. The molecule has 0 atom stereocenters. The van der Waals surface area contributed by atoms with Gasteiger partial charge >= 0.3 is 0 Å². The number of amides is 1. The summed E-state index contributed by atoms with van der Waals surface area (Å²) in [6.45, 7) is 7.34. The van der Waals surface area contributed by atoms with E-state index >= 15 is 0 Å². The van der Waals surface area contributed by atoms with Crippen molar-refractivity contribution in [3.63, 3.8) is 0 Å². The quantitative estimate of drug-likeness (QED) is 0.854. The van der Waals surface area contributed by atoms with Crippen molar-refractivity contribution in [2.75, 3.05) is 25.0 Å². The molecule has 0 aliphatic heterocycles. The monoisotopic (exact) mass is 238 g/mol. The second-order valence-electron chi connectivity index (χ2n) is 3.88. The molecule has 0 aliphatic rings. The Morgan fingerprint density at radius 3 is 2.59 bits per heavy atom. The first-order valence-corrected chi connectivity index (χ1v) is 5.86. The van der Waals surface area contributed by atoms with Crippen LogP contribution in [0.1, 0.15) is 19.4 Å². The Morgan fingerprint density at radius 1 is 1.35 bits per heavy atom. The molecule has 0 bridgehead atoms. The summed E-state index contributed by atoms with van der Waals surface area (Å²) in [4.78, 5) is 13.5. The van der Waals surface area contributed by atoms with Crippen LogP contribution < -0.4 is 5.32 Å². The average Bonchev–Trinajstić information content (AvgIpc) is 2.32. The van der Waals surface area contributed by atoms with Crippen molar-refractivity contribution in [1.29, 1.82) is 0 Å². The minimum atomic E-state index is -0.298. The van der Waals surface area contributed by atoms with Crippen molar-refractivity contribution in [1.82, 2.24) is 4.90 Å². The molecule has 94 valence electrons. The van der Waals surface area contributed by atoms with Gasteiger partial charge in [-0.1, -0.05) is 6.07 Å². The van der Waals surface area contributed by atoms with E-state index in [2.05, 4.69) is 5.32 Å². The molecule has 0 spiro atoms. The van der Waals surface area contributed by atoms with Crippen molar-refractivity contribution >= 4 is 11.6 Å². The highest BCUT2D eigenvalue weighted by Crippen LogP contribution is 2.15. The number of hydrogen-bond donors (Lipinski definition) is 1. The first kappa shape index (κ1) is 13.5. The van der Waals surface area contributed by atoms with E-state index in [0.717, 1.165) is 5.56 Å². The molecule has 0 saturated heterocycles. The first-order valence-electron chi connectivity index (χ1n) is 5.86. The largest absolute Gasteiger partial charge is 0.376 e. The molecule has 1 N–H and O–H groups in total. The van der Waals surface area contributed by atoms with Crippen molar-refractivity contribution < 1.29 is 9.18 Å². The number of carbonyl (C=O) groups is 1. The molecule has 0 unspecified atom stereocenters. The number of anilines is 1. The Labute approximate surface area is 102 Å². The minimum Gasteiger partial charge on any atom is -0.376 e. The average molecular weight is 238 g/mol. The summed E-state index contributed by atoms with van der Waals surface area (Å²) in [6, 6.07) is 4.51. The van der Waals surface area contributed by atoms with Crippen LogP contribution in [0.2, 0.25) is 0 Å². The van der Waals surface area contributed by atoms with Gasteiger partial charge in [0.15, 0.2) is 0 Å². The zero-order valence-electron chi connectivity index (χ0n) is 10.6. The molecule has 0 aliphatic carbocycles. The van der Waals surface area contributed by atoms with E-state index in [9.17, 15) is 9.18 Å². The van der Waals surface area contributed by atoms with Crippen LogP contribution in [0, 0.1) is 12.7 Å². The Hall–Kier alpha value is -1.58. The summed E-state index contributed by atoms with van der Waals surface area (Å²) in [5.41, 5.74) is 1.60. The predicted octanol–water partition coefficient (Wildman–Crippen LogP) is 2.41. The third kappa shape index (κ3) is 3.73. The summed E-state index contributed by atoms with van der Waals surface area (Å²) in [5, 5.41) is 2.97. The highest BCUT2D eigenvalue weighted by atomic mass is 19.1. The fraction of sp³-hybridized carbons (Fsp3) is 0.462. The van der Waals surface area contributed by atoms with Gasteiger partial charge in [-0.3, -0.25) is 4.79 Å². The fourth-order valence-electron chi connectivity index (χ4n) is 1.64. The molecule has 0 aromatic heterocycles. The van der Waals surface area contributed by atoms with E-state index in [1.54, 1.807) is 11.0 Å². The van der Waals surface area contributed by atoms with Gasteiger partial charge in [0.1, 0.15) is 5.82 Å². The number of benzene rings is 1. The number of halogens is 1. The number of nitrogens with zero attached hydrogens (tertiary/aromatic N) is 1. The molecule has 0 fully saturated rings. The number of nitrogens with one attached hydrogen (secondary N) is 1. The summed E-state index contributed by atoms with van der Waals surface area (Å²) in [7, 11) is 0.